The number of carbonyl (C=O) groups excluding carboxylic acids is 1. The first-order chi connectivity index (χ1) is 11.4. The first-order valence-electron chi connectivity index (χ1n) is 7.39. The number of anilines is 1. The number of alkyl halides is 2. The van der Waals surface area contributed by atoms with Gasteiger partial charge >= 0.3 is 0 Å². The molecule has 0 aliphatic heterocycles. The first kappa shape index (κ1) is 16.0. The van der Waals surface area contributed by atoms with E-state index in [0.717, 1.165) is 15.6 Å². The van der Waals surface area contributed by atoms with E-state index in [0.29, 0.717) is 11.4 Å². The Bertz CT molecular complexity index is 934. The summed E-state index contributed by atoms with van der Waals surface area (Å²) in [6.45, 7) is 5.40. The van der Waals surface area contributed by atoms with Crippen molar-refractivity contribution in [2.24, 2.45) is 0 Å². The van der Waals surface area contributed by atoms with Crippen molar-refractivity contribution in [2.45, 2.75) is 27.2 Å². The van der Waals surface area contributed by atoms with Gasteiger partial charge in [-0.25, -0.2) is 18.3 Å². The number of aryl methyl sites for hydroxylation is 3. The maximum absolute atomic E-state index is 13.1. The molecule has 2 heterocycles. The van der Waals surface area contributed by atoms with Gasteiger partial charge in [0, 0.05) is 11.4 Å². The lowest BCUT2D eigenvalue weighted by atomic mass is 10.1. The van der Waals surface area contributed by atoms with Crippen molar-refractivity contribution in [1.29, 1.82) is 0 Å². The van der Waals surface area contributed by atoms with Crippen LogP contribution in [0.15, 0.2) is 30.5 Å². The van der Waals surface area contributed by atoms with Gasteiger partial charge in [-0.05, 0) is 44.0 Å². The highest BCUT2D eigenvalue weighted by molar-refractivity contribution is 6.08. The molecular weight excluding hydrogens is 314 g/mol. The average Bonchev–Trinajstić information content (AvgIpc) is 2.93. The topological polar surface area (TPSA) is 59.3 Å². The molecule has 0 spiro atoms. The van der Waals surface area contributed by atoms with Gasteiger partial charge in [0.15, 0.2) is 5.65 Å². The maximum atomic E-state index is 13.1. The Balaban J connectivity index is 2.03. The quantitative estimate of drug-likeness (QED) is 0.793. The smallest absolute Gasteiger partial charge is 0.280 e. The van der Waals surface area contributed by atoms with E-state index >= 15 is 0 Å². The molecule has 0 saturated heterocycles. The van der Waals surface area contributed by atoms with E-state index in [-0.39, 0.29) is 16.9 Å². The Hall–Kier alpha value is -2.83. The molecule has 7 heteroatoms. The number of amides is 1. The van der Waals surface area contributed by atoms with Gasteiger partial charge in [0.2, 0.25) is 0 Å². The SMILES string of the molecule is Cc1ccc(C)c(NC(=O)c2cnn3c(C(F)F)cc(C)nc23)c1. The van der Waals surface area contributed by atoms with Crippen LogP contribution < -0.4 is 5.32 Å². The van der Waals surface area contributed by atoms with Crippen molar-refractivity contribution in [3.05, 3.63) is 58.5 Å². The lowest BCUT2D eigenvalue weighted by Crippen LogP contribution is -2.13. The number of halogens is 2. The molecule has 0 aliphatic carbocycles. The van der Waals surface area contributed by atoms with Gasteiger partial charge in [0.05, 0.1) is 6.20 Å². The Kier molecular flexibility index (Phi) is 4.01. The highest BCUT2D eigenvalue weighted by atomic mass is 19.3. The minimum atomic E-state index is -2.70. The second-order valence-corrected chi connectivity index (χ2v) is 5.69. The van der Waals surface area contributed by atoms with Gasteiger partial charge in [-0.15, -0.1) is 0 Å². The van der Waals surface area contributed by atoms with Crippen LogP contribution in [-0.2, 0) is 0 Å². The predicted molar refractivity (Wildman–Crippen MR) is 86.6 cm³/mol. The van der Waals surface area contributed by atoms with E-state index in [1.54, 1.807) is 6.92 Å². The number of benzene rings is 1. The predicted octanol–water partition coefficient (Wildman–Crippen LogP) is 3.84. The molecule has 0 aliphatic rings. The fraction of sp³-hybridized carbons (Fsp3) is 0.235. The molecular formula is C17H16F2N4O. The molecule has 0 bridgehead atoms. The third kappa shape index (κ3) is 2.84. The largest absolute Gasteiger partial charge is 0.322 e. The van der Waals surface area contributed by atoms with Gasteiger partial charge in [0.1, 0.15) is 11.3 Å². The molecule has 0 radical (unpaired) electrons. The molecule has 0 atom stereocenters. The van der Waals surface area contributed by atoms with E-state index in [9.17, 15) is 13.6 Å². The molecule has 5 nitrogen and oxygen atoms in total. The number of nitrogens with zero attached hydrogens (tertiary/aromatic N) is 3. The highest BCUT2D eigenvalue weighted by Crippen LogP contribution is 2.23. The van der Waals surface area contributed by atoms with Gasteiger partial charge < -0.3 is 5.32 Å². The molecule has 2 aromatic heterocycles. The molecule has 24 heavy (non-hydrogen) atoms. The van der Waals surface area contributed by atoms with Crippen molar-refractivity contribution >= 4 is 17.2 Å². The molecule has 1 amide bonds. The van der Waals surface area contributed by atoms with Crippen molar-refractivity contribution in [2.75, 3.05) is 5.32 Å². The summed E-state index contributed by atoms with van der Waals surface area (Å²) in [5, 5.41) is 6.69. The molecule has 3 rings (SSSR count). The normalized spacial score (nSPS) is 11.2. The fourth-order valence-corrected chi connectivity index (χ4v) is 2.49. The van der Waals surface area contributed by atoms with E-state index in [1.807, 2.05) is 32.0 Å². The third-order valence-electron chi connectivity index (χ3n) is 3.74. The minimum absolute atomic E-state index is 0.119. The van der Waals surface area contributed by atoms with Crippen molar-refractivity contribution in [1.82, 2.24) is 14.6 Å². The number of hydrogen-bond acceptors (Lipinski definition) is 3. The van der Waals surface area contributed by atoms with E-state index in [4.69, 9.17) is 0 Å². The molecule has 1 aromatic carbocycles. The summed E-state index contributed by atoms with van der Waals surface area (Å²) in [6.07, 6.45) is -1.45. The molecule has 124 valence electrons. The van der Waals surface area contributed by atoms with E-state index in [1.165, 1.54) is 12.3 Å². The van der Waals surface area contributed by atoms with Crippen LogP contribution in [0.5, 0.6) is 0 Å². The van der Waals surface area contributed by atoms with Crippen LogP contribution in [0, 0.1) is 20.8 Å². The molecule has 0 saturated carbocycles. The van der Waals surface area contributed by atoms with Crippen molar-refractivity contribution < 1.29 is 13.6 Å². The zero-order chi connectivity index (χ0) is 17.4. The van der Waals surface area contributed by atoms with Crippen molar-refractivity contribution in [3.8, 4) is 0 Å². The van der Waals surface area contributed by atoms with Crippen LogP contribution in [0.2, 0.25) is 0 Å². The van der Waals surface area contributed by atoms with E-state index in [2.05, 4.69) is 15.4 Å². The Morgan fingerprint density at radius 2 is 1.96 bits per heavy atom. The number of hydrogen-bond donors (Lipinski definition) is 1. The van der Waals surface area contributed by atoms with Crippen LogP contribution in [0.25, 0.3) is 5.65 Å². The van der Waals surface area contributed by atoms with E-state index < -0.39 is 12.3 Å². The molecule has 0 unspecified atom stereocenters. The number of carbonyl (C=O) groups is 1. The third-order valence-corrected chi connectivity index (χ3v) is 3.74. The maximum Gasteiger partial charge on any atom is 0.280 e. The van der Waals surface area contributed by atoms with Crippen LogP contribution in [0.1, 0.15) is 39.3 Å². The van der Waals surface area contributed by atoms with Gasteiger partial charge in [0.25, 0.3) is 12.3 Å². The summed E-state index contributed by atoms with van der Waals surface area (Å²) >= 11 is 0. The lowest BCUT2D eigenvalue weighted by Gasteiger charge is -2.09. The summed E-state index contributed by atoms with van der Waals surface area (Å²) in [4.78, 5) is 16.7. The second kappa shape index (κ2) is 5.99. The zero-order valence-corrected chi connectivity index (χ0v) is 13.5. The summed E-state index contributed by atoms with van der Waals surface area (Å²) in [7, 11) is 0. The molecule has 1 N–H and O–H groups in total. The monoisotopic (exact) mass is 330 g/mol. The highest BCUT2D eigenvalue weighted by Gasteiger charge is 2.20. The fourth-order valence-electron chi connectivity index (χ4n) is 2.49. The number of rotatable bonds is 3. The van der Waals surface area contributed by atoms with Gasteiger partial charge in [-0.3, -0.25) is 4.79 Å². The Morgan fingerprint density at radius 1 is 1.21 bits per heavy atom. The number of aromatic nitrogens is 3. The number of fused-ring (bicyclic) bond motifs is 1. The standard InChI is InChI=1S/C17H16F2N4O/c1-9-4-5-10(2)13(6-9)22-17(24)12-8-20-23-14(15(18)19)7-11(3)21-16(12)23/h4-8,15H,1-3H3,(H,22,24). The van der Waals surface area contributed by atoms with Crippen LogP contribution in [0.4, 0.5) is 14.5 Å². The Morgan fingerprint density at radius 3 is 2.67 bits per heavy atom. The average molecular weight is 330 g/mol. The molecule has 3 aromatic rings. The van der Waals surface area contributed by atoms with Crippen LogP contribution in [-0.4, -0.2) is 20.5 Å². The Labute approximate surface area is 137 Å². The minimum Gasteiger partial charge on any atom is -0.322 e. The van der Waals surface area contributed by atoms with Gasteiger partial charge in [-0.1, -0.05) is 12.1 Å². The first-order valence-corrected chi connectivity index (χ1v) is 7.39. The summed E-state index contributed by atoms with van der Waals surface area (Å²) in [5.41, 5.74) is 2.96. The van der Waals surface area contributed by atoms with Crippen LogP contribution in [0.3, 0.4) is 0 Å². The summed E-state index contributed by atoms with van der Waals surface area (Å²) in [5.74, 6) is -0.433. The molecule has 0 fully saturated rings. The zero-order valence-electron chi connectivity index (χ0n) is 13.5. The summed E-state index contributed by atoms with van der Waals surface area (Å²) < 4.78 is 27.3. The van der Waals surface area contributed by atoms with Crippen molar-refractivity contribution in [3.63, 3.8) is 0 Å². The van der Waals surface area contributed by atoms with Crippen LogP contribution >= 0.6 is 0 Å². The number of nitrogens with one attached hydrogen (secondary N) is 1. The lowest BCUT2D eigenvalue weighted by molar-refractivity contribution is 0.102. The second-order valence-electron chi connectivity index (χ2n) is 5.69. The van der Waals surface area contributed by atoms with Gasteiger partial charge in [-0.2, -0.15) is 5.10 Å². The summed E-state index contributed by atoms with van der Waals surface area (Å²) in [6, 6.07) is 6.96.